The second kappa shape index (κ2) is 9.12. The van der Waals surface area contributed by atoms with E-state index in [0.29, 0.717) is 12.1 Å². The first-order valence-electron chi connectivity index (χ1n) is 8.62. The van der Waals surface area contributed by atoms with Crippen LogP contribution in [0.5, 0.6) is 0 Å². The highest BCUT2D eigenvalue weighted by molar-refractivity contribution is 7.89. The minimum Gasteiger partial charge on any atom is -0.392 e. The molecule has 1 atom stereocenters. The maximum Gasteiger partial charge on any atom is 0.251 e. The summed E-state index contributed by atoms with van der Waals surface area (Å²) in [5, 5.41) is 12.0. The van der Waals surface area contributed by atoms with Crippen LogP contribution in [0.15, 0.2) is 40.8 Å². The van der Waals surface area contributed by atoms with E-state index >= 15 is 0 Å². The van der Waals surface area contributed by atoms with Gasteiger partial charge in [0.05, 0.1) is 11.0 Å². The standard InChI is InChI=1S/C18H26N2O4S/c1-14(21)13-20-25(23,24)17-9-7-16(8-10-17)18(22)19-12-11-15-5-3-2-4-6-15/h5,7-10,14,20-21H,2-4,6,11-13H2,1H3,(H,19,22). The normalized spacial score (nSPS) is 16.2. The number of sulfonamides is 1. The number of aliphatic hydroxyl groups excluding tert-OH is 1. The Bertz CT molecular complexity index is 709. The fraction of sp³-hybridized carbons (Fsp3) is 0.500. The third-order valence-electron chi connectivity index (χ3n) is 4.11. The van der Waals surface area contributed by atoms with Crippen LogP contribution in [-0.4, -0.2) is 38.6 Å². The molecule has 7 heteroatoms. The largest absolute Gasteiger partial charge is 0.392 e. The molecular formula is C18H26N2O4S. The highest BCUT2D eigenvalue weighted by Gasteiger charge is 2.15. The van der Waals surface area contributed by atoms with Crippen molar-refractivity contribution in [3.05, 3.63) is 41.5 Å². The van der Waals surface area contributed by atoms with Crippen LogP contribution in [0.2, 0.25) is 0 Å². The molecule has 6 nitrogen and oxygen atoms in total. The summed E-state index contributed by atoms with van der Waals surface area (Å²) >= 11 is 0. The van der Waals surface area contributed by atoms with Gasteiger partial charge >= 0.3 is 0 Å². The van der Waals surface area contributed by atoms with Crippen molar-refractivity contribution in [2.24, 2.45) is 0 Å². The summed E-state index contributed by atoms with van der Waals surface area (Å²) in [4.78, 5) is 12.2. The highest BCUT2D eigenvalue weighted by atomic mass is 32.2. The molecule has 0 aliphatic heterocycles. The monoisotopic (exact) mass is 366 g/mol. The smallest absolute Gasteiger partial charge is 0.251 e. The zero-order valence-corrected chi connectivity index (χ0v) is 15.3. The van der Waals surface area contributed by atoms with Gasteiger partial charge in [0.1, 0.15) is 0 Å². The lowest BCUT2D eigenvalue weighted by Gasteiger charge is -2.13. The van der Waals surface area contributed by atoms with Crippen molar-refractivity contribution in [1.29, 1.82) is 0 Å². The molecule has 0 saturated carbocycles. The molecule has 0 aromatic heterocycles. The molecular weight excluding hydrogens is 340 g/mol. The van der Waals surface area contributed by atoms with Gasteiger partial charge in [-0.2, -0.15) is 0 Å². The van der Waals surface area contributed by atoms with Gasteiger partial charge in [-0.25, -0.2) is 13.1 Å². The van der Waals surface area contributed by atoms with Gasteiger partial charge < -0.3 is 10.4 Å². The Balaban J connectivity index is 1.88. The van der Waals surface area contributed by atoms with Crippen LogP contribution in [0.25, 0.3) is 0 Å². The van der Waals surface area contributed by atoms with E-state index in [4.69, 9.17) is 0 Å². The maximum atomic E-state index is 12.1. The van der Waals surface area contributed by atoms with Crippen LogP contribution in [0, 0.1) is 0 Å². The SMILES string of the molecule is CC(O)CNS(=O)(=O)c1ccc(C(=O)NCCC2=CCCCC2)cc1. The summed E-state index contributed by atoms with van der Waals surface area (Å²) in [7, 11) is -3.68. The van der Waals surface area contributed by atoms with Crippen molar-refractivity contribution >= 4 is 15.9 Å². The minimum absolute atomic E-state index is 0.0551. The summed E-state index contributed by atoms with van der Waals surface area (Å²) in [6.07, 6.45) is 7.07. The number of nitrogens with one attached hydrogen (secondary N) is 2. The maximum absolute atomic E-state index is 12.1. The van der Waals surface area contributed by atoms with Crippen molar-refractivity contribution in [3.63, 3.8) is 0 Å². The molecule has 25 heavy (non-hydrogen) atoms. The molecule has 1 amide bonds. The molecule has 0 bridgehead atoms. The number of allylic oxidation sites excluding steroid dienone is 1. The molecule has 2 rings (SSSR count). The highest BCUT2D eigenvalue weighted by Crippen LogP contribution is 2.19. The van der Waals surface area contributed by atoms with E-state index < -0.39 is 16.1 Å². The van der Waals surface area contributed by atoms with E-state index in [2.05, 4.69) is 16.1 Å². The molecule has 1 aliphatic carbocycles. The number of carbonyl (C=O) groups is 1. The molecule has 0 heterocycles. The van der Waals surface area contributed by atoms with Crippen molar-refractivity contribution in [2.75, 3.05) is 13.1 Å². The number of carbonyl (C=O) groups excluding carboxylic acids is 1. The fourth-order valence-corrected chi connectivity index (χ4v) is 3.79. The lowest BCUT2D eigenvalue weighted by molar-refractivity contribution is 0.0954. The molecule has 0 spiro atoms. The summed E-state index contributed by atoms with van der Waals surface area (Å²) in [5.41, 5.74) is 1.82. The molecule has 138 valence electrons. The lowest BCUT2D eigenvalue weighted by atomic mass is 9.97. The fourth-order valence-electron chi connectivity index (χ4n) is 2.67. The number of hydrogen-bond donors (Lipinski definition) is 3. The molecule has 1 aliphatic rings. The second-order valence-corrected chi connectivity index (χ2v) is 8.11. The average molecular weight is 366 g/mol. The molecule has 1 unspecified atom stereocenters. The third kappa shape index (κ3) is 6.26. The Morgan fingerprint density at radius 3 is 2.56 bits per heavy atom. The van der Waals surface area contributed by atoms with Crippen LogP contribution in [0.4, 0.5) is 0 Å². The number of benzene rings is 1. The van der Waals surface area contributed by atoms with Gasteiger partial charge in [-0.15, -0.1) is 0 Å². The second-order valence-electron chi connectivity index (χ2n) is 6.34. The molecule has 0 radical (unpaired) electrons. The minimum atomic E-state index is -3.68. The van der Waals surface area contributed by atoms with Crippen LogP contribution in [0.1, 0.15) is 49.4 Å². The molecule has 0 fully saturated rings. The predicted molar refractivity (Wildman–Crippen MR) is 96.8 cm³/mol. The Labute approximate surface area is 149 Å². The van der Waals surface area contributed by atoms with Crippen molar-refractivity contribution in [3.8, 4) is 0 Å². The molecule has 1 aromatic carbocycles. The summed E-state index contributed by atoms with van der Waals surface area (Å²) in [6.45, 7) is 2.03. The Kier molecular flexibility index (Phi) is 7.16. The zero-order valence-electron chi connectivity index (χ0n) is 14.5. The first kappa shape index (κ1) is 19.6. The molecule has 3 N–H and O–H groups in total. The van der Waals surface area contributed by atoms with E-state index in [1.807, 2.05) is 0 Å². The van der Waals surface area contributed by atoms with Gasteiger partial charge in [-0.1, -0.05) is 11.6 Å². The van der Waals surface area contributed by atoms with Crippen molar-refractivity contribution in [1.82, 2.24) is 10.0 Å². The number of aliphatic hydroxyl groups is 1. The summed E-state index contributed by atoms with van der Waals surface area (Å²) in [6, 6.07) is 5.77. The predicted octanol–water partition coefficient (Wildman–Crippen LogP) is 1.97. The Morgan fingerprint density at radius 2 is 1.96 bits per heavy atom. The van der Waals surface area contributed by atoms with Gasteiger partial charge in [0.15, 0.2) is 0 Å². The lowest BCUT2D eigenvalue weighted by Crippen LogP contribution is -2.30. The number of amides is 1. The van der Waals surface area contributed by atoms with E-state index in [1.54, 1.807) is 0 Å². The van der Waals surface area contributed by atoms with E-state index in [0.717, 1.165) is 19.3 Å². The van der Waals surface area contributed by atoms with Crippen LogP contribution < -0.4 is 10.0 Å². The van der Waals surface area contributed by atoms with Gasteiger partial charge in [0.2, 0.25) is 10.0 Å². The summed E-state index contributed by atoms with van der Waals surface area (Å²) < 4.78 is 26.4. The van der Waals surface area contributed by atoms with Crippen molar-refractivity contribution in [2.45, 2.75) is 50.0 Å². The first-order valence-corrected chi connectivity index (χ1v) is 10.1. The number of hydrogen-bond acceptors (Lipinski definition) is 4. The third-order valence-corrected chi connectivity index (χ3v) is 5.55. The topological polar surface area (TPSA) is 95.5 Å². The van der Waals surface area contributed by atoms with Gasteiger partial charge in [0.25, 0.3) is 5.91 Å². The van der Waals surface area contributed by atoms with Crippen LogP contribution in [-0.2, 0) is 10.0 Å². The quantitative estimate of drug-likeness (QED) is 0.613. The average Bonchev–Trinajstić information content (AvgIpc) is 2.61. The van der Waals surface area contributed by atoms with Gasteiger partial charge in [-0.3, -0.25) is 4.79 Å². The van der Waals surface area contributed by atoms with Gasteiger partial charge in [0, 0.05) is 18.7 Å². The van der Waals surface area contributed by atoms with E-state index in [-0.39, 0.29) is 17.3 Å². The Morgan fingerprint density at radius 1 is 1.24 bits per heavy atom. The van der Waals surface area contributed by atoms with E-state index in [9.17, 15) is 18.3 Å². The van der Waals surface area contributed by atoms with Crippen LogP contribution >= 0.6 is 0 Å². The summed E-state index contributed by atoms with van der Waals surface area (Å²) in [5.74, 6) is -0.211. The number of rotatable bonds is 8. The van der Waals surface area contributed by atoms with E-state index in [1.165, 1.54) is 49.6 Å². The Hall–Kier alpha value is -1.70. The van der Waals surface area contributed by atoms with Crippen LogP contribution in [0.3, 0.4) is 0 Å². The molecule has 1 aromatic rings. The zero-order chi connectivity index (χ0) is 18.3. The van der Waals surface area contributed by atoms with Crippen molar-refractivity contribution < 1.29 is 18.3 Å². The van der Waals surface area contributed by atoms with Gasteiger partial charge in [-0.05, 0) is 63.3 Å². The first-order chi connectivity index (χ1) is 11.9. The molecule has 0 saturated heterocycles.